The highest BCUT2D eigenvalue weighted by Crippen LogP contribution is 2.67. The Morgan fingerprint density at radius 3 is 0.811 bits per heavy atom. The first-order chi connectivity index (χ1) is 22.6. The SMILES string of the molecule is Fc1c(F)c(F)c([Si](F)(OC(F)(F)F)OC(F)(C(F)(F)C(F)(F)F)C(F)(F)C(F)(F)C(F)(F)C(F)(F)C(F)(F)C(F)(F)C(F)(F)C(F)(F)F)c(F)c1F. The lowest BCUT2D eigenvalue weighted by atomic mass is 9.85. The van der Waals surface area contributed by atoms with E-state index in [1.807, 2.05) is 0 Å². The maximum atomic E-state index is 15.3. The van der Waals surface area contributed by atoms with Crippen LogP contribution in [0.25, 0.3) is 0 Å². The molecule has 0 heterocycles. The topological polar surface area (TPSA) is 18.5 Å². The van der Waals surface area contributed by atoms with E-state index in [1.165, 1.54) is 4.43 Å². The standard InChI is InChI=1S/C18F32O2Si/c19-1-2(20)4(22)6(5(23)3(1)21)53(50,52-18(47,48)49)51-15(40,14(38,39)17(44,45)46)12(34,35)10(30,31)8(26,27)7(24,25)9(28,29)11(32,33)13(36,37)16(41,42)43. The van der Waals surface area contributed by atoms with Gasteiger partial charge in [0.05, 0.1) is 0 Å². The van der Waals surface area contributed by atoms with Gasteiger partial charge in [0.2, 0.25) is 5.82 Å². The van der Waals surface area contributed by atoms with Gasteiger partial charge in [0.15, 0.2) is 23.3 Å². The van der Waals surface area contributed by atoms with Crippen molar-refractivity contribution >= 4 is 14.1 Å². The second-order valence-electron chi connectivity index (χ2n) is 9.32. The van der Waals surface area contributed by atoms with Crippen molar-refractivity contribution < 1.29 is 149 Å². The highest BCUT2D eigenvalue weighted by molar-refractivity contribution is 6.75. The average molecular weight is 884 g/mol. The molecule has 35 heteroatoms. The average Bonchev–Trinajstić information content (AvgIpc) is 2.91. The molecule has 1 aromatic carbocycles. The van der Waals surface area contributed by atoms with Crippen LogP contribution in [0, 0.1) is 29.1 Å². The Balaban J connectivity index is 4.51. The number of benzene rings is 1. The van der Waals surface area contributed by atoms with Crippen molar-refractivity contribution in [1.29, 1.82) is 0 Å². The van der Waals surface area contributed by atoms with Gasteiger partial charge in [0.25, 0.3) is 0 Å². The lowest BCUT2D eigenvalue weighted by molar-refractivity contribution is -0.489. The molecule has 0 spiro atoms. The third-order valence-corrected chi connectivity index (χ3v) is 7.99. The molecule has 0 bridgehead atoms. The lowest BCUT2D eigenvalue weighted by Gasteiger charge is -2.47. The second kappa shape index (κ2) is 12.6. The van der Waals surface area contributed by atoms with Gasteiger partial charge in [-0.15, -0.1) is 13.2 Å². The van der Waals surface area contributed by atoms with Crippen LogP contribution in [0.5, 0.6) is 0 Å². The first-order valence-electron chi connectivity index (χ1n) is 11.1. The first kappa shape index (κ1) is 48.1. The van der Waals surface area contributed by atoms with Gasteiger partial charge in [-0.05, 0) is 0 Å². The van der Waals surface area contributed by atoms with Crippen LogP contribution in [0.15, 0.2) is 0 Å². The Morgan fingerprint density at radius 2 is 0.547 bits per heavy atom. The summed E-state index contributed by atoms with van der Waals surface area (Å²) in [5.41, 5.74) is 0. The van der Waals surface area contributed by atoms with Crippen molar-refractivity contribution in [2.75, 3.05) is 0 Å². The molecule has 312 valence electrons. The van der Waals surface area contributed by atoms with Gasteiger partial charge in [-0.3, -0.25) is 4.43 Å². The maximum Gasteiger partial charge on any atom is 0.591 e. The van der Waals surface area contributed by atoms with Crippen LogP contribution in [0.3, 0.4) is 0 Å². The molecule has 0 aromatic heterocycles. The van der Waals surface area contributed by atoms with Gasteiger partial charge in [0.1, 0.15) is 5.19 Å². The van der Waals surface area contributed by atoms with Crippen molar-refractivity contribution in [2.24, 2.45) is 0 Å². The second-order valence-corrected chi connectivity index (χ2v) is 11.3. The van der Waals surface area contributed by atoms with Gasteiger partial charge in [-0.25, -0.2) is 26.1 Å². The van der Waals surface area contributed by atoms with Crippen molar-refractivity contribution in [1.82, 2.24) is 0 Å². The highest BCUT2D eigenvalue weighted by Gasteiger charge is 2.99. The summed E-state index contributed by atoms with van der Waals surface area (Å²) >= 11 is 0. The lowest BCUT2D eigenvalue weighted by Crippen LogP contribution is -2.80. The summed E-state index contributed by atoms with van der Waals surface area (Å²) in [6, 6.07) is 0. The van der Waals surface area contributed by atoms with Gasteiger partial charge in [-0.2, -0.15) is 101 Å². The Morgan fingerprint density at radius 1 is 0.302 bits per heavy atom. The van der Waals surface area contributed by atoms with Gasteiger partial charge in [-0.1, -0.05) is 0 Å². The van der Waals surface area contributed by atoms with E-state index in [9.17, 15) is 132 Å². The molecule has 0 amide bonds. The van der Waals surface area contributed by atoms with Crippen LogP contribution in [0.1, 0.15) is 0 Å². The Bertz CT molecular complexity index is 1510. The van der Waals surface area contributed by atoms with Crippen molar-refractivity contribution in [3.63, 3.8) is 0 Å². The molecule has 0 saturated carbocycles. The summed E-state index contributed by atoms with van der Waals surface area (Å²) in [4.78, 5) is 0. The van der Waals surface area contributed by atoms with E-state index in [-0.39, 0.29) is 0 Å². The smallest absolute Gasteiger partial charge is 0.323 e. The van der Waals surface area contributed by atoms with E-state index < -0.39 is 115 Å². The van der Waals surface area contributed by atoms with Crippen molar-refractivity contribution in [3.8, 4) is 0 Å². The fourth-order valence-electron chi connectivity index (χ4n) is 3.19. The predicted octanol–water partition coefficient (Wildman–Crippen LogP) is 9.92. The summed E-state index contributed by atoms with van der Waals surface area (Å²) in [6.45, 7) is 0. The number of alkyl halides is 26. The number of rotatable bonds is 12. The minimum atomic E-state index is -10.3. The fraction of sp³-hybridized carbons (Fsp3) is 0.667. The largest absolute Gasteiger partial charge is 0.591 e. The first-order valence-corrected chi connectivity index (χ1v) is 12.8. The van der Waals surface area contributed by atoms with Gasteiger partial charge < -0.3 is 4.43 Å². The monoisotopic (exact) mass is 884 g/mol. The normalized spacial score (nSPS) is 17.9. The fourth-order valence-corrected chi connectivity index (χ4v) is 5.10. The summed E-state index contributed by atoms with van der Waals surface area (Å²) in [6.07, 6.45) is -24.9. The zero-order valence-electron chi connectivity index (χ0n) is 22.4. The van der Waals surface area contributed by atoms with Crippen LogP contribution >= 0.6 is 0 Å². The van der Waals surface area contributed by atoms with E-state index in [0.29, 0.717) is 0 Å². The molecule has 0 aliphatic rings. The van der Waals surface area contributed by atoms with E-state index in [0.717, 1.165) is 0 Å². The molecule has 0 radical (unpaired) electrons. The van der Waals surface area contributed by atoms with Crippen molar-refractivity contribution in [2.45, 2.75) is 72.0 Å². The summed E-state index contributed by atoms with van der Waals surface area (Å²) < 4.78 is 437. The molecular weight excluding hydrogens is 884 g/mol. The van der Waals surface area contributed by atoms with Crippen molar-refractivity contribution in [3.05, 3.63) is 29.1 Å². The summed E-state index contributed by atoms with van der Waals surface area (Å²) in [5, 5.41) is -4.66. The molecule has 53 heavy (non-hydrogen) atoms. The Kier molecular flexibility index (Phi) is 11.4. The summed E-state index contributed by atoms with van der Waals surface area (Å²) in [7, 11) is -10.3. The zero-order valence-corrected chi connectivity index (χ0v) is 23.4. The number of halogens is 32. The molecule has 0 saturated heterocycles. The van der Waals surface area contributed by atoms with Crippen LogP contribution in [0.2, 0.25) is 0 Å². The minimum Gasteiger partial charge on any atom is -0.323 e. The van der Waals surface area contributed by atoms with Crippen LogP contribution < -0.4 is 5.19 Å². The van der Waals surface area contributed by atoms with Gasteiger partial charge in [0, 0.05) is 0 Å². The number of hydrogen-bond donors (Lipinski definition) is 0. The minimum absolute atomic E-state index is 1.45. The third kappa shape index (κ3) is 6.54. The van der Waals surface area contributed by atoms with Crippen LogP contribution in [0.4, 0.5) is 140 Å². The van der Waals surface area contributed by atoms with E-state index in [2.05, 4.69) is 0 Å². The molecule has 2 atom stereocenters. The summed E-state index contributed by atoms with van der Waals surface area (Å²) in [5.74, 6) is -109. The Labute approximate surface area is 265 Å². The molecule has 1 rings (SSSR count). The molecule has 2 unspecified atom stereocenters. The van der Waals surface area contributed by atoms with E-state index in [4.69, 9.17) is 0 Å². The van der Waals surface area contributed by atoms with E-state index >= 15 is 8.50 Å². The molecule has 0 aliphatic heterocycles. The third-order valence-electron chi connectivity index (χ3n) is 5.91. The van der Waals surface area contributed by atoms with Crippen LogP contribution in [-0.2, 0) is 8.85 Å². The predicted molar refractivity (Wildman–Crippen MR) is 96.5 cm³/mol. The van der Waals surface area contributed by atoms with Crippen LogP contribution in [-0.4, -0.2) is 80.8 Å². The molecule has 2 nitrogen and oxygen atoms in total. The van der Waals surface area contributed by atoms with E-state index in [1.54, 1.807) is 4.43 Å². The van der Waals surface area contributed by atoms with Gasteiger partial charge >= 0.3 is 80.8 Å². The maximum absolute atomic E-state index is 15.3. The molecule has 0 fully saturated rings. The number of hydrogen-bond acceptors (Lipinski definition) is 2. The molecule has 0 aliphatic carbocycles. The highest BCUT2D eigenvalue weighted by atomic mass is 28.4. The quantitative estimate of drug-likeness (QED) is 0.0685. The molecular formula is C18F32O2Si. The Hall–Kier alpha value is -2.88. The molecule has 0 N–H and O–H groups in total. The zero-order chi connectivity index (χ0) is 43.4. The molecule has 1 aromatic rings.